The van der Waals surface area contributed by atoms with Gasteiger partial charge in [-0.2, -0.15) is 5.26 Å². The molecule has 0 fully saturated rings. The highest BCUT2D eigenvalue weighted by molar-refractivity contribution is 6.09. The molecule has 0 radical (unpaired) electrons. The van der Waals surface area contributed by atoms with Gasteiger partial charge in [0.1, 0.15) is 5.92 Å². The highest BCUT2D eigenvalue weighted by Crippen LogP contribution is 2.17. The van der Waals surface area contributed by atoms with Crippen LogP contribution in [0.25, 0.3) is 0 Å². The summed E-state index contributed by atoms with van der Waals surface area (Å²) in [5, 5.41) is 8.69. The Labute approximate surface area is 105 Å². The van der Waals surface area contributed by atoms with Crippen molar-refractivity contribution in [2.45, 2.75) is 6.42 Å². The average Bonchev–Trinajstić information content (AvgIpc) is 2.40. The molecule has 0 aliphatic carbocycles. The first-order chi connectivity index (χ1) is 8.61. The van der Waals surface area contributed by atoms with Crippen LogP contribution >= 0.6 is 0 Å². The molecule has 4 heteroatoms. The van der Waals surface area contributed by atoms with Crippen LogP contribution in [0.3, 0.4) is 0 Å². The van der Waals surface area contributed by atoms with E-state index in [4.69, 9.17) is 5.26 Å². The maximum absolute atomic E-state index is 11.9. The molecule has 2 rings (SSSR count). The van der Waals surface area contributed by atoms with Crippen LogP contribution in [0.4, 0.5) is 0 Å². The molecule has 4 nitrogen and oxygen atoms in total. The van der Waals surface area contributed by atoms with Gasteiger partial charge in [-0.05, 0) is 30.2 Å². The van der Waals surface area contributed by atoms with Crippen molar-refractivity contribution >= 4 is 11.7 Å². The zero-order valence-electron chi connectivity index (χ0n) is 9.96. The second kappa shape index (κ2) is 4.84. The first-order valence-corrected chi connectivity index (χ1v) is 5.59. The number of allylic oxidation sites excluding steroid dienone is 1. The Balaban J connectivity index is 2.18. The van der Waals surface area contributed by atoms with Crippen molar-refractivity contribution in [1.29, 1.82) is 5.26 Å². The van der Waals surface area contributed by atoms with Gasteiger partial charge in [0.05, 0.1) is 11.6 Å². The summed E-state index contributed by atoms with van der Waals surface area (Å²) in [6.07, 6.45) is 3.29. The Bertz CT molecular complexity index is 552. The minimum atomic E-state index is -0.645. The van der Waals surface area contributed by atoms with Gasteiger partial charge in [-0.15, -0.1) is 0 Å². The van der Waals surface area contributed by atoms with Crippen LogP contribution in [0.5, 0.6) is 0 Å². The zero-order valence-corrected chi connectivity index (χ0v) is 9.96. The van der Waals surface area contributed by atoms with E-state index in [1.54, 1.807) is 31.3 Å². The summed E-state index contributed by atoms with van der Waals surface area (Å²) in [7, 11) is 1.64. The van der Waals surface area contributed by atoms with Gasteiger partial charge in [0.2, 0.25) is 5.91 Å². The molecule has 1 aromatic carbocycles. The highest BCUT2D eigenvalue weighted by atomic mass is 16.2. The first-order valence-electron chi connectivity index (χ1n) is 5.59. The molecule has 1 aliphatic rings. The van der Waals surface area contributed by atoms with Gasteiger partial charge in [0.25, 0.3) is 0 Å². The third-order valence-electron chi connectivity index (χ3n) is 2.97. The summed E-state index contributed by atoms with van der Waals surface area (Å²) in [6.45, 7) is 0. The second-order valence-electron chi connectivity index (χ2n) is 4.23. The fraction of sp³-hybridized carbons (Fsp3) is 0.214. The summed E-state index contributed by atoms with van der Waals surface area (Å²) in [6, 6.07) is 8.95. The van der Waals surface area contributed by atoms with Crippen LogP contribution in [0, 0.1) is 17.2 Å². The lowest BCUT2D eigenvalue weighted by Gasteiger charge is -2.23. The van der Waals surface area contributed by atoms with E-state index in [2.05, 4.69) is 0 Å². The third-order valence-corrected chi connectivity index (χ3v) is 2.97. The Morgan fingerprint density at radius 2 is 1.94 bits per heavy atom. The molecule has 1 unspecified atom stereocenters. The fourth-order valence-electron chi connectivity index (χ4n) is 1.88. The number of nitrogens with zero attached hydrogens (tertiary/aromatic N) is 2. The molecule has 1 atom stereocenters. The van der Waals surface area contributed by atoms with Gasteiger partial charge in [0, 0.05) is 13.2 Å². The normalized spacial score (nSPS) is 18.9. The molecule has 1 heterocycles. The van der Waals surface area contributed by atoms with Crippen LogP contribution in [0.15, 0.2) is 36.5 Å². The second-order valence-corrected chi connectivity index (χ2v) is 4.23. The lowest BCUT2D eigenvalue weighted by Crippen LogP contribution is -2.38. The SMILES string of the molecule is CN1C=CC(=O)C(Cc2ccc(C#N)cc2)C1=O. The Morgan fingerprint density at radius 1 is 1.28 bits per heavy atom. The van der Waals surface area contributed by atoms with E-state index >= 15 is 0 Å². The molecule has 0 N–H and O–H groups in total. The van der Waals surface area contributed by atoms with Gasteiger partial charge in [0.15, 0.2) is 5.78 Å². The topological polar surface area (TPSA) is 61.2 Å². The van der Waals surface area contributed by atoms with Crippen LogP contribution in [-0.2, 0) is 16.0 Å². The number of rotatable bonds is 2. The molecule has 0 saturated carbocycles. The van der Waals surface area contributed by atoms with Crippen LogP contribution in [-0.4, -0.2) is 23.6 Å². The molecule has 90 valence electrons. The standard InChI is InChI=1S/C14H12N2O2/c1-16-7-6-13(17)12(14(16)18)8-10-2-4-11(9-15)5-3-10/h2-7,12H,8H2,1H3. The molecule has 0 bridgehead atoms. The molecule has 0 spiro atoms. The fourth-order valence-corrected chi connectivity index (χ4v) is 1.88. The Kier molecular flexibility index (Phi) is 3.24. The van der Waals surface area contributed by atoms with Crippen molar-refractivity contribution in [3.63, 3.8) is 0 Å². The monoisotopic (exact) mass is 240 g/mol. The van der Waals surface area contributed by atoms with Gasteiger partial charge in [-0.3, -0.25) is 9.59 Å². The summed E-state index contributed by atoms with van der Waals surface area (Å²) in [5.74, 6) is -0.998. The van der Waals surface area contributed by atoms with E-state index in [0.717, 1.165) is 5.56 Å². The van der Waals surface area contributed by atoms with Crippen molar-refractivity contribution in [2.75, 3.05) is 7.05 Å². The molecule has 0 aromatic heterocycles. The molecule has 1 aromatic rings. The minimum Gasteiger partial charge on any atom is -0.321 e. The average molecular weight is 240 g/mol. The molecule has 0 saturated heterocycles. The number of amides is 1. The lowest BCUT2D eigenvalue weighted by atomic mass is 9.92. The number of benzene rings is 1. The third kappa shape index (κ3) is 2.30. The number of nitriles is 1. The van der Waals surface area contributed by atoms with E-state index in [9.17, 15) is 9.59 Å². The van der Waals surface area contributed by atoms with Crippen molar-refractivity contribution in [3.8, 4) is 6.07 Å². The maximum Gasteiger partial charge on any atom is 0.237 e. The number of ketones is 1. The van der Waals surface area contributed by atoms with Crippen molar-refractivity contribution in [1.82, 2.24) is 4.90 Å². The van der Waals surface area contributed by atoms with Crippen molar-refractivity contribution in [2.24, 2.45) is 5.92 Å². The predicted molar refractivity (Wildman–Crippen MR) is 65.3 cm³/mol. The van der Waals surface area contributed by atoms with E-state index in [1.165, 1.54) is 17.2 Å². The van der Waals surface area contributed by atoms with E-state index in [0.29, 0.717) is 12.0 Å². The Hall–Kier alpha value is -2.41. The number of hydrogen-bond donors (Lipinski definition) is 0. The molecular formula is C14H12N2O2. The van der Waals surface area contributed by atoms with Crippen LogP contribution in [0.1, 0.15) is 11.1 Å². The molecule has 18 heavy (non-hydrogen) atoms. The summed E-state index contributed by atoms with van der Waals surface area (Å²) >= 11 is 0. The predicted octanol–water partition coefficient (Wildman–Crippen LogP) is 1.27. The van der Waals surface area contributed by atoms with Gasteiger partial charge >= 0.3 is 0 Å². The quantitative estimate of drug-likeness (QED) is 0.731. The number of hydrogen-bond acceptors (Lipinski definition) is 3. The minimum absolute atomic E-state index is 0.164. The van der Waals surface area contributed by atoms with Crippen LogP contribution in [0.2, 0.25) is 0 Å². The van der Waals surface area contributed by atoms with Crippen LogP contribution < -0.4 is 0 Å². The van der Waals surface area contributed by atoms with E-state index in [-0.39, 0.29) is 11.7 Å². The molecular weight excluding hydrogens is 228 g/mol. The number of carbonyl (C=O) groups excluding carboxylic acids is 2. The summed E-state index contributed by atoms with van der Waals surface area (Å²) < 4.78 is 0. The number of carbonyl (C=O) groups is 2. The smallest absolute Gasteiger partial charge is 0.237 e. The van der Waals surface area contributed by atoms with Gasteiger partial charge in [-0.1, -0.05) is 12.1 Å². The van der Waals surface area contributed by atoms with Gasteiger partial charge < -0.3 is 4.90 Å². The van der Waals surface area contributed by atoms with E-state index < -0.39 is 5.92 Å². The maximum atomic E-state index is 11.9. The van der Waals surface area contributed by atoms with Crippen molar-refractivity contribution in [3.05, 3.63) is 47.7 Å². The zero-order chi connectivity index (χ0) is 13.1. The highest BCUT2D eigenvalue weighted by Gasteiger charge is 2.30. The Morgan fingerprint density at radius 3 is 2.56 bits per heavy atom. The summed E-state index contributed by atoms with van der Waals surface area (Å²) in [5.41, 5.74) is 1.45. The molecule has 1 aliphatic heterocycles. The van der Waals surface area contributed by atoms with E-state index in [1.807, 2.05) is 6.07 Å². The van der Waals surface area contributed by atoms with Crippen molar-refractivity contribution < 1.29 is 9.59 Å². The summed E-state index contributed by atoms with van der Waals surface area (Å²) in [4.78, 5) is 25.0. The largest absolute Gasteiger partial charge is 0.321 e. The molecule has 1 amide bonds. The van der Waals surface area contributed by atoms with Gasteiger partial charge in [-0.25, -0.2) is 0 Å². The first kappa shape index (κ1) is 12.1. The lowest BCUT2D eigenvalue weighted by molar-refractivity contribution is -0.138.